The maximum atomic E-state index is 7.08. The Bertz CT molecular complexity index is 6660. The van der Waals surface area contributed by atoms with E-state index in [0.717, 1.165) is 49.2 Å². The normalized spacial score (nSPS) is 17.0. The van der Waals surface area contributed by atoms with E-state index >= 15 is 0 Å². The highest BCUT2D eigenvalue weighted by atomic mass is 127. The highest BCUT2D eigenvalue weighted by molar-refractivity contribution is 14.1. The SMILES string of the molecule is CC1=C(C)C(C)=[N+]2C1=C(CC(C)C)c1c(C)c(Br)c(C)n1[B-]2(c1ccccc1)c1ccccc1.CC1=C(C)C(C)=[N+]2C1=C(CC(C)C)c1c(C)c(Cl)c(C)n1[B-]2(c1ccccc1)c1ccccc1.CC1=C(C)C(C)=[N+]2C1=C(CC(C)C)c1c(C)c(I)c(C)n1[B-]2(c1ccccc1)c1ccccc1.CCC1=C(C)C2=C(CC(C)C)c3c(C)c(CC)c(C)n3[B-](c3ccccc3)(c3ccccc3)[N+]2=C1C. The first-order valence-corrected chi connectivity index (χ1v) is 53.3. The molecule has 8 nitrogen and oxygen atoms in total. The largest absolute Gasteiger partial charge is 0.450 e. The third-order valence-corrected chi connectivity index (χ3v) is 36.6. The van der Waals surface area contributed by atoms with E-state index in [1.165, 1.54) is 232 Å². The molecule has 138 heavy (non-hydrogen) atoms. The summed E-state index contributed by atoms with van der Waals surface area (Å²) >= 11 is 13.7. The molecule has 12 aromatic rings. The highest BCUT2D eigenvalue weighted by Crippen LogP contribution is 2.53. The fourth-order valence-corrected chi connectivity index (χ4v) is 28.3. The monoisotopic (exact) mass is 2020 g/mol. The summed E-state index contributed by atoms with van der Waals surface area (Å²) in [7, 11) is 0. The first kappa shape index (κ1) is 98.8. The zero-order chi connectivity index (χ0) is 98.9. The molecule has 0 fully saturated rings. The van der Waals surface area contributed by atoms with Gasteiger partial charge in [-0.3, -0.25) is 0 Å². The van der Waals surface area contributed by atoms with Gasteiger partial charge in [-0.2, -0.15) is 0 Å². The van der Waals surface area contributed by atoms with E-state index in [0.29, 0.717) is 23.7 Å². The molecule has 0 radical (unpaired) electrons. The molecule has 8 aliphatic rings. The number of nitrogens with zero attached hydrogens (tertiary/aromatic N) is 8. The van der Waals surface area contributed by atoms with Crippen LogP contribution in [0.15, 0.2) is 315 Å². The van der Waals surface area contributed by atoms with Crippen LogP contribution in [0, 0.1) is 82.6 Å². The van der Waals surface area contributed by atoms with Gasteiger partial charge in [0.2, 0.25) is 0 Å². The lowest BCUT2D eigenvalue weighted by Gasteiger charge is -2.46. The minimum Gasteiger partial charge on any atom is -0.450 e. The van der Waals surface area contributed by atoms with E-state index in [9.17, 15) is 0 Å². The summed E-state index contributed by atoms with van der Waals surface area (Å²) < 4.78 is 24.2. The Morgan fingerprint density at radius 3 is 0.768 bits per heavy atom. The molecule has 0 bridgehead atoms. The Hall–Kier alpha value is -10.8. The van der Waals surface area contributed by atoms with Gasteiger partial charge in [0.05, 0.1) is 5.02 Å². The lowest BCUT2D eigenvalue weighted by Crippen LogP contribution is -2.73. The Morgan fingerprint density at radius 2 is 0.500 bits per heavy atom. The minimum atomic E-state index is -1.55. The average Bonchev–Trinajstić information content (AvgIpc) is 1.51. The van der Waals surface area contributed by atoms with E-state index in [2.05, 4.69) is 518 Å². The second kappa shape index (κ2) is 38.3. The molecule has 0 atom stereocenters. The first-order valence-electron chi connectivity index (χ1n) is 51.1. The Kier molecular flexibility index (Phi) is 27.5. The van der Waals surface area contributed by atoms with Crippen molar-refractivity contribution in [1.82, 2.24) is 17.9 Å². The number of halogens is 3. The molecule has 0 N–H and O–H groups in total. The molecule has 20 rings (SSSR count). The predicted molar refractivity (Wildman–Crippen MR) is 611 cm³/mol. The zero-order valence-corrected chi connectivity index (χ0v) is 92.2. The number of fused-ring (bicyclic) bond motifs is 8. The molecule has 8 aliphatic heterocycles. The van der Waals surface area contributed by atoms with Crippen molar-refractivity contribution in [3.8, 4) is 0 Å². The third-order valence-electron chi connectivity index (χ3n) is 33.2. The standard InChI is InChI=1S/C33H41BN2.C30H34BBrN2.C30H34BClN2.C30H34BIN2/c1-9-29-23(5)32-31(21-22(3)4)33-24(6)30(10-2)26(8)36(33)34(35(32)25(29)7,27-17-13-11-14-18-27)28-19-15-12-16-20-28;3*1-19(2)18-27-29-21(4)20(3)23(6)33(29)31(25-14-10-8-11-15-25,26-16-12-9-13-17-26)34-24(7)28(32)22(5)30(27)34/h11-20,22H,9-10,21H2,1-8H3;3*8-17,19H,18H2,1-7H3. The summed E-state index contributed by atoms with van der Waals surface area (Å²) in [6.45, 7) is 67.2. The molecule has 708 valence electrons. The van der Waals surface area contributed by atoms with Crippen molar-refractivity contribution >= 4 is 165 Å². The summed E-state index contributed by atoms with van der Waals surface area (Å²) in [6.07, 6.45) is 0.312. The van der Waals surface area contributed by atoms with E-state index in [-0.39, 0.29) is 0 Å². The third kappa shape index (κ3) is 14.8. The van der Waals surface area contributed by atoms with Crippen molar-refractivity contribution < 1.29 is 17.9 Å². The van der Waals surface area contributed by atoms with E-state index < -0.39 is 25.7 Å². The van der Waals surface area contributed by atoms with Gasteiger partial charge in [0.25, 0.3) is 0 Å². The summed E-state index contributed by atoms with van der Waals surface area (Å²) in [4.78, 5) is 0. The van der Waals surface area contributed by atoms with Crippen LogP contribution in [-0.2, 0) is 6.42 Å². The molecule has 0 saturated carbocycles. The molecule has 0 spiro atoms. The lowest BCUT2D eigenvalue weighted by molar-refractivity contribution is -0.331. The summed E-state index contributed by atoms with van der Waals surface area (Å²) in [6, 6.07) is 89.3. The van der Waals surface area contributed by atoms with Crippen LogP contribution in [0.4, 0.5) is 0 Å². The van der Waals surface area contributed by atoms with Crippen molar-refractivity contribution in [3.05, 3.63) is 396 Å². The average molecular weight is 2020 g/mol. The summed E-state index contributed by atoms with van der Waals surface area (Å²) in [5.41, 5.74) is 56.8. The number of hydrogen-bond donors (Lipinski definition) is 0. The molecular weight excluding hydrogens is 1870 g/mol. The number of aromatic nitrogens is 4. The summed E-state index contributed by atoms with van der Waals surface area (Å²) in [5, 5.41) is 0.882. The fourth-order valence-electron chi connectivity index (χ4n) is 27.2. The van der Waals surface area contributed by atoms with Gasteiger partial charge in [0.15, 0.2) is 22.8 Å². The van der Waals surface area contributed by atoms with Gasteiger partial charge < -0.3 is 35.9 Å². The molecule has 4 aromatic heterocycles. The maximum absolute atomic E-state index is 7.08. The van der Waals surface area contributed by atoms with Crippen molar-refractivity contribution in [1.29, 1.82) is 0 Å². The topological polar surface area (TPSA) is 31.8 Å². The van der Waals surface area contributed by atoms with E-state index in [1.54, 1.807) is 0 Å². The van der Waals surface area contributed by atoms with Gasteiger partial charge in [-0.05, 0) is 255 Å². The highest BCUT2D eigenvalue weighted by Gasteiger charge is 2.61. The number of benzene rings is 8. The minimum absolute atomic E-state index is 0.536. The van der Waals surface area contributed by atoms with Crippen LogP contribution in [0.5, 0.6) is 0 Å². The Labute approximate surface area is 852 Å². The van der Waals surface area contributed by atoms with Crippen LogP contribution in [0.2, 0.25) is 5.02 Å². The fraction of sp³-hybridized carbons (Fsp3) is 0.317. The van der Waals surface area contributed by atoms with Crippen molar-refractivity contribution in [2.24, 2.45) is 23.7 Å². The van der Waals surface area contributed by atoms with Crippen LogP contribution >= 0.6 is 50.1 Å². The molecule has 0 amide bonds. The van der Waals surface area contributed by atoms with Crippen LogP contribution in [0.25, 0.3) is 22.3 Å². The molecule has 0 saturated heterocycles. The van der Waals surface area contributed by atoms with Crippen LogP contribution < -0.4 is 43.7 Å². The molecule has 0 unspecified atom stereocenters. The maximum Gasteiger partial charge on any atom is 0.435 e. The second-order valence-corrected chi connectivity index (χ2v) is 44.9. The molecular formula is C123H143B4BrClIN8. The summed E-state index contributed by atoms with van der Waals surface area (Å²) in [5.74, 6) is 2.25. The van der Waals surface area contributed by atoms with Gasteiger partial charge in [0, 0.05) is 125 Å². The van der Waals surface area contributed by atoms with Gasteiger partial charge >= 0.3 is 25.7 Å². The second-order valence-electron chi connectivity index (χ2n) is 42.6. The van der Waals surface area contributed by atoms with Crippen LogP contribution in [0.1, 0.15) is 251 Å². The molecule has 15 heteroatoms. The first-order chi connectivity index (χ1) is 66.0. The lowest BCUT2D eigenvalue weighted by atomic mass is 9.35. The van der Waals surface area contributed by atoms with E-state index in [4.69, 9.17) is 11.6 Å². The van der Waals surface area contributed by atoms with Gasteiger partial charge in [-0.1, -0.05) is 323 Å². The van der Waals surface area contributed by atoms with Crippen LogP contribution in [0.3, 0.4) is 0 Å². The molecule has 0 aliphatic carbocycles. The molecule has 12 heterocycles. The zero-order valence-electron chi connectivity index (χ0n) is 87.7. The number of rotatable bonds is 18. The quantitative estimate of drug-likeness (QED) is 0.0606. The number of hydrogen-bond acceptors (Lipinski definition) is 0. The van der Waals surface area contributed by atoms with Crippen molar-refractivity contribution in [2.45, 2.75) is 239 Å². The van der Waals surface area contributed by atoms with Crippen LogP contribution in [-0.4, -0.2) is 84.4 Å². The van der Waals surface area contributed by atoms with Crippen molar-refractivity contribution in [2.75, 3.05) is 0 Å². The predicted octanol–water partition coefficient (Wildman–Crippen LogP) is 26.2. The van der Waals surface area contributed by atoms with E-state index in [1.807, 2.05) is 0 Å². The Morgan fingerprint density at radius 1 is 0.268 bits per heavy atom. The van der Waals surface area contributed by atoms with Gasteiger partial charge in [-0.25, -0.2) is 0 Å². The van der Waals surface area contributed by atoms with Crippen molar-refractivity contribution in [3.63, 3.8) is 0 Å². The smallest absolute Gasteiger partial charge is 0.435 e. The number of allylic oxidation sites excluding steroid dienone is 12. The Balaban J connectivity index is 0.000000127. The van der Waals surface area contributed by atoms with Gasteiger partial charge in [0.1, 0.15) is 22.8 Å². The van der Waals surface area contributed by atoms with Gasteiger partial charge in [-0.15, -0.1) is 43.7 Å². The molecule has 8 aromatic carbocycles.